The lowest BCUT2D eigenvalue weighted by Gasteiger charge is -2.24. The van der Waals surface area contributed by atoms with Gasteiger partial charge in [-0.15, -0.1) is 0 Å². The molecular formula is C40H46N4O6. The number of amides is 2. The molecule has 1 aromatic heterocycles. The largest absolute Gasteiger partial charge is 0.494 e. The zero-order valence-electron chi connectivity index (χ0n) is 28.9. The van der Waals surface area contributed by atoms with E-state index in [9.17, 15) is 14.4 Å². The van der Waals surface area contributed by atoms with E-state index in [4.69, 9.17) is 14.2 Å². The summed E-state index contributed by atoms with van der Waals surface area (Å²) in [5, 5.41) is 2.76. The highest BCUT2D eigenvalue weighted by atomic mass is 16.5. The van der Waals surface area contributed by atoms with Gasteiger partial charge in [0.05, 0.1) is 19.6 Å². The van der Waals surface area contributed by atoms with Crippen molar-refractivity contribution in [2.75, 3.05) is 26.8 Å². The summed E-state index contributed by atoms with van der Waals surface area (Å²) in [5.41, 5.74) is 4.40. The maximum Gasteiger partial charge on any atom is 0.408 e. The van der Waals surface area contributed by atoms with E-state index in [1.165, 1.54) is 32.8 Å². The highest BCUT2D eigenvalue weighted by Crippen LogP contribution is 2.24. The number of hydrogen-bond donors (Lipinski definition) is 1. The van der Waals surface area contributed by atoms with E-state index in [1.54, 1.807) is 17.3 Å². The Kier molecular flexibility index (Phi) is 13.3. The standard InChI is InChI=1S/C40H46N4O6/c1-3-4-5-6-10-23-49-35-19-17-31(18-20-35)34-25-41-37(42-26-34)32-15-13-29(14-16-32)24-36(38(45)44-22-21-33(27-44)39(46)48-2)43-40(47)50-28-30-11-8-7-9-12-30/h7-9,11-20,25-26,33,36H,3-6,10,21-24,27-28H2,1-2H3,(H,43,47). The van der Waals surface area contributed by atoms with Gasteiger partial charge in [-0.25, -0.2) is 14.8 Å². The number of benzene rings is 3. The molecule has 2 unspecified atom stereocenters. The molecule has 1 aliphatic rings. The van der Waals surface area contributed by atoms with Gasteiger partial charge in [0.2, 0.25) is 5.91 Å². The van der Waals surface area contributed by atoms with E-state index in [0.29, 0.717) is 18.8 Å². The summed E-state index contributed by atoms with van der Waals surface area (Å²) in [6.45, 7) is 3.66. The van der Waals surface area contributed by atoms with Crippen molar-refractivity contribution in [2.45, 2.75) is 64.5 Å². The highest BCUT2D eigenvalue weighted by Gasteiger charge is 2.35. The van der Waals surface area contributed by atoms with E-state index in [2.05, 4.69) is 22.2 Å². The van der Waals surface area contributed by atoms with Crippen LogP contribution in [0.4, 0.5) is 4.79 Å². The minimum absolute atomic E-state index is 0.0776. The van der Waals surface area contributed by atoms with Crippen molar-refractivity contribution < 1.29 is 28.6 Å². The fourth-order valence-electron chi connectivity index (χ4n) is 5.94. The van der Waals surface area contributed by atoms with Gasteiger partial charge >= 0.3 is 12.1 Å². The molecule has 10 heteroatoms. The predicted octanol–water partition coefficient (Wildman–Crippen LogP) is 7.02. The fourth-order valence-corrected chi connectivity index (χ4v) is 5.94. The molecule has 0 spiro atoms. The number of alkyl carbamates (subject to hydrolysis) is 1. The first kappa shape index (κ1) is 36.0. The lowest BCUT2D eigenvalue weighted by Crippen LogP contribution is -2.49. The summed E-state index contributed by atoms with van der Waals surface area (Å²) >= 11 is 0. The molecule has 2 amide bonds. The smallest absolute Gasteiger partial charge is 0.408 e. The molecule has 0 saturated carbocycles. The minimum atomic E-state index is -0.890. The van der Waals surface area contributed by atoms with Crippen LogP contribution in [0.2, 0.25) is 0 Å². The monoisotopic (exact) mass is 678 g/mol. The molecule has 10 nitrogen and oxygen atoms in total. The normalized spacial score (nSPS) is 14.5. The summed E-state index contributed by atoms with van der Waals surface area (Å²) in [6, 6.07) is 24.0. The zero-order chi connectivity index (χ0) is 35.1. The van der Waals surface area contributed by atoms with Crippen LogP contribution in [0.3, 0.4) is 0 Å². The number of likely N-dealkylation sites (tertiary alicyclic amines) is 1. The van der Waals surface area contributed by atoms with Gasteiger partial charge in [-0.1, -0.05) is 99.3 Å². The van der Waals surface area contributed by atoms with Crippen LogP contribution in [-0.4, -0.2) is 65.7 Å². The summed E-state index contributed by atoms with van der Waals surface area (Å²) in [7, 11) is 1.34. The number of esters is 1. The SMILES string of the molecule is CCCCCCCOc1ccc(-c2cnc(-c3ccc(CC(NC(=O)OCc4ccccc4)C(=O)N4CCC(C(=O)OC)C4)cc3)nc2)cc1. The predicted molar refractivity (Wildman–Crippen MR) is 191 cm³/mol. The van der Waals surface area contributed by atoms with E-state index >= 15 is 0 Å². The molecular weight excluding hydrogens is 632 g/mol. The maximum absolute atomic E-state index is 13.6. The van der Waals surface area contributed by atoms with Crippen LogP contribution < -0.4 is 10.1 Å². The molecule has 2 atom stereocenters. The lowest BCUT2D eigenvalue weighted by atomic mass is 10.0. The molecule has 0 aliphatic carbocycles. The number of nitrogens with zero attached hydrogens (tertiary/aromatic N) is 3. The van der Waals surface area contributed by atoms with Gasteiger partial charge in [0, 0.05) is 43.0 Å². The van der Waals surface area contributed by atoms with Crippen molar-refractivity contribution in [3.63, 3.8) is 0 Å². The second kappa shape index (κ2) is 18.5. The molecule has 0 radical (unpaired) electrons. The van der Waals surface area contributed by atoms with Crippen molar-refractivity contribution in [3.8, 4) is 28.3 Å². The zero-order valence-corrected chi connectivity index (χ0v) is 28.9. The first-order valence-corrected chi connectivity index (χ1v) is 17.4. The van der Waals surface area contributed by atoms with Crippen LogP contribution in [-0.2, 0) is 32.1 Å². The Morgan fingerprint density at radius 2 is 1.54 bits per heavy atom. The minimum Gasteiger partial charge on any atom is -0.494 e. The third-order valence-electron chi connectivity index (χ3n) is 8.85. The second-order valence-electron chi connectivity index (χ2n) is 12.5. The number of nitrogens with one attached hydrogen (secondary N) is 1. The first-order valence-electron chi connectivity index (χ1n) is 17.4. The number of rotatable bonds is 16. The van der Waals surface area contributed by atoms with Crippen LogP contribution in [0.15, 0.2) is 91.3 Å². The third kappa shape index (κ3) is 10.4. The van der Waals surface area contributed by atoms with Gasteiger partial charge in [0.15, 0.2) is 5.82 Å². The fraction of sp³-hybridized carbons (Fsp3) is 0.375. The van der Waals surface area contributed by atoms with E-state index in [-0.39, 0.29) is 37.4 Å². The van der Waals surface area contributed by atoms with Crippen molar-refractivity contribution in [1.29, 1.82) is 0 Å². The Bertz CT molecular complexity index is 1660. The summed E-state index contributed by atoms with van der Waals surface area (Å²) in [4.78, 5) is 49.4. The quantitative estimate of drug-likeness (QED) is 0.0992. The number of carbonyl (C=O) groups excluding carboxylic acids is 3. The van der Waals surface area contributed by atoms with Crippen molar-refractivity contribution in [2.24, 2.45) is 5.92 Å². The second-order valence-corrected chi connectivity index (χ2v) is 12.5. The van der Waals surface area contributed by atoms with Crippen molar-refractivity contribution in [3.05, 3.63) is 102 Å². The molecule has 2 heterocycles. The number of hydrogen-bond acceptors (Lipinski definition) is 8. The third-order valence-corrected chi connectivity index (χ3v) is 8.85. The van der Waals surface area contributed by atoms with E-state index in [1.807, 2.05) is 78.9 Å². The Morgan fingerprint density at radius 1 is 0.840 bits per heavy atom. The van der Waals surface area contributed by atoms with Crippen LogP contribution in [0.25, 0.3) is 22.5 Å². The van der Waals surface area contributed by atoms with E-state index < -0.39 is 12.1 Å². The molecule has 3 aromatic carbocycles. The van der Waals surface area contributed by atoms with Crippen molar-refractivity contribution in [1.82, 2.24) is 20.2 Å². The average Bonchev–Trinajstić information content (AvgIpc) is 3.66. The topological polar surface area (TPSA) is 120 Å². The Hall–Kier alpha value is -5.25. The molecule has 50 heavy (non-hydrogen) atoms. The Balaban J connectivity index is 1.19. The number of methoxy groups -OCH3 is 1. The van der Waals surface area contributed by atoms with Gasteiger partial charge < -0.3 is 24.4 Å². The molecule has 1 saturated heterocycles. The average molecular weight is 679 g/mol. The molecule has 1 fully saturated rings. The maximum atomic E-state index is 13.6. The molecule has 5 rings (SSSR count). The molecule has 4 aromatic rings. The Labute approximate surface area is 294 Å². The molecule has 1 N–H and O–H groups in total. The molecule has 1 aliphatic heterocycles. The van der Waals surface area contributed by atoms with Gasteiger partial charge in [-0.3, -0.25) is 9.59 Å². The van der Waals surface area contributed by atoms with Crippen LogP contribution in [0.5, 0.6) is 5.75 Å². The van der Waals surface area contributed by atoms with Crippen molar-refractivity contribution >= 4 is 18.0 Å². The lowest BCUT2D eigenvalue weighted by molar-refractivity contribution is -0.145. The summed E-state index contributed by atoms with van der Waals surface area (Å²) in [5.74, 6) is 0.422. The van der Waals surface area contributed by atoms with E-state index in [0.717, 1.165) is 46.6 Å². The van der Waals surface area contributed by atoms with Crippen LogP contribution in [0.1, 0.15) is 56.6 Å². The Morgan fingerprint density at radius 3 is 2.24 bits per heavy atom. The number of unbranched alkanes of at least 4 members (excludes halogenated alkanes) is 4. The van der Waals surface area contributed by atoms with Gasteiger partial charge in [0.25, 0.3) is 0 Å². The van der Waals surface area contributed by atoms with Crippen LogP contribution >= 0.6 is 0 Å². The summed E-state index contributed by atoms with van der Waals surface area (Å²) in [6.07, 6.45) is 9.68. The van der Waals surface area contributed by atoms with Gasteiger partial charge in [0.1, 0.15) is 18.4 Å². The number of ether oxygens (including phenoxy) is 3. The van der Waals surface area contributed by atoms with Crippen LogP contribution in [0, 0.1) is 5.92 Å². The highest BCUT2D eigenvalue weighted by molar-refractivity contribution is 5.87. The molecule has 0 bridgehead atoms. The summed E-state index contributed by atoms with van der Waals surface area (Å²) < 4.78 is 16.2. The molecule has 262 valence electrons. The number of carbonyl (C=O) groups is 3. The first-order chi connectivity index (χ1) is 24.4. The van der Waals surface area contributed by atoms with Gasteiger partial charge in [-0.05, 0) is 41.7 Å². The number of aromatic nitrogens is 2. The van der Waals surface area contributed by atoms with Gasteiger partial charge in [-0.2, -0.15) is 0 Å².